The third-order valence-electron chi connectivity index (χ3n) is 4.22. The second-order valence-electron chi connectivity index (χ2n) is 6.47. The van der Waals surface area contributed by atoms with Gasteiger partial charge in [0.05, 0.1) is 20.6 Å². The lowest BCUT2D eigenvalue weighted by atomic mass is 10.1. The lowest BCUT2D eigenvalue weighted by Crippen LogP contribution is -2.27. The quantitative estimate of drug-likeness (QED) is 0.366. The SMILES string of the molecule is COc1ccc(C(=O)NN=C(C)CC(=O)NCCCc2ccccc2)cc1OC. The molecule has 0 saturated carbocycles. The highest BCUT2D eigenvalue weighted by Gasteiger charge is 2.11. The van der Waals surface area contributed by atoms with E-state index in [1.165, 1.54) is 19.8 Å². The lowest BCUT2D eigenvalue weighted by Gasteiger charge is -2.09. The maximum Gasteiger partial charge on any atom is 0.271 e. The first-order valence-electron chi connectivity index (χ1n) is 9.39. The fraction of sp³-hybridized carbons (Fsp3) is 0.318. The Balaban J connectivity index is 1.75. The van der Waals surface area contributed by atoms with Gasteiger partial charge >= 0.3 is 0 Å². The fourth-order valence-electron chi connectivity index (χ4n) is 2.69. The molecule has 29 heavy (non-hydrogen) atoms. The molecule has 0 fully saturated rings. The van der Waals surface area contributed by atoms with Gasteiger partial charge in [-0.15, -0.1) is 0 Å². The van der Waals surface area contributed by atoms with E-state index in [0.29, 0.717) is 29.3 Å². The summed E-state index contributed by atoms with van der Waals surface area (Å²) in [7, 11) is 3.03. The van der Waals surface area contributed by atoms with Crippen LogP contribution in [0.1, 0.15) is 35.7 Å². The molecule has 0 saturated heterocycles. The predicted molar refractivity (Wildman–Crippen MR) is 113 cm³/mol. The summed E-state index contributed by atoms with van der Waals surface area (Å²) in [5, 5.41) is 6.87. The second-order valence-corrected chi connectivity index (χ2v) is 6.47. The number of aryl methyl sites for hydroxylation is 1. The van der Waals surface area contributed by atoms with Gasteiger partial charge < -0.3 is 14.8 Å². The Bertz CT molecular complexity index is 850. The Morgan fingerprint density at radius 3 is 2.41 bits per heavy atom. The van der Waals surface area contributed by atoms with Crippen LogP contribution in [-0.4, -0.2) is 38.3 Å². The maximum atomic E-state index is 12.2. The van der Waals surface area contributed by atoms with Crippen molar-refractivity contribution in [3.8, 4) is 11.5 Å². The number of benzene rings is 2. The number of rotatable bonds is 10. The van der Waals surface area contributed by atoms with Crippen LogP contribution < -0.4 is 20.2 Å². The van der Waals surface area contributed by atoms with Crippen LogP contribution >= 0.6 is 0 Å². The zero-order chi connectivity index (χ0) is 21.1. The summed E-state index contributed by atoms with van der Waals surface area (Å²) in [4.78, 5) is 24.2. The van der Waals surface area contributed by atoms with Crippen LogP contribution in [0.2, 0.25) is 0 Å². The minimum Gasteiger partial charge on any atom is -0.493 e. The number of hydrogen-bond donors (Lipinski definition) is 2. The van der Waals surface area contributed by atoms with Crippen molar-refractivity contribution in [3.05, 3.63) is 59.7 Å². The topological polar surface area (TPSA) is 89.0 Å². The molecule has 7 nitrogen and oxygen atoms in total. The first-order valence-corrected chi connectivity index (χ1v) is 9.39. The van der Waals surface area contributed by atoms with Gasteiger partial charge in [-0.05, 0) is 43.5 Å². The molecule has 7 heteroatoms. The van der Waals surface area contributed by atoms with Crippen LogP contribution in [-0.2, 0) is 11.2 Å². The molecule has 0 spiro atoms. The Kier molecular flexibility index (Phi) is 8.69. The first-order chi connectivity index (χ1) is 14.0. The summed E-state index contributed by atoms with van der Waals surface area (Å²) in [5.41, 5.74) is 4.59. The summed E-state index contributed by atoms with van der Waals surface area (Å²) < 4.78 is 10.3. The van der Waals surface area contributed by atoms with E-state index < -0.39 is 5.91 Å². The Hall–Kier alpha value is -3.35. The van der Waals surface area contributed by atoms with Crippen molar-refractivity contribution in [1.29, 1.82) is 0 Å². The van der Waals surface area contributed by atoms with Crippen LogP contribution in [0, 0.1) is 0 Å². The van der Waals surface area contributed by atoms with Crippen molar-refractivity contribution in [2.24, 2.45) is 5.10 Å². The lowest BCUT2D eigenvalue weighted by molar-refractivity contribution is -0.119. The molecular weight excluding hydrogens is 370 g/mol. The molecule has 0 bridgehead atoms. The van der Waals surface area contributed by atoms with Crippen molar-refractivity contribution in [1.82, 2.24) is 10.7 Å². The number of nitrogens with one attached hydrogen (secondary N) is 2. The van der Waals surface area contributed by atoms with Crippen molar-refractivity contribution in [2.75, 3.05) is 20.8 Å². The molecule has 0 heterocycles. The minimum atomic E-state index is -0.395. The van der Waals surface area contributed by atoms with Crippen molar-refractivity contribution in [2.45, 2.75) is 26.2 Å². The Morgan fingerprint density at radius 2 is 1.72 bits per heavy atom. The molecule has 0 radical (unpaired) electrons. The van der Waals surface area contributed by atoms with E-state index in [1.807, 2.05) is 18.2 Å². The Labute approximate surface area is 171 Å². The summed E-state index contributed by atoms with van der Waals surface area (Å²) in [6.45, 7) is 2.29. The number of amides is 2. The molecule has 0 atom stereocenters. The molecule has 2 amide bonds. The van der Waals surface area contributed by atoms with Crippen molar-refractivity contribution in [3.63, 3.8) is 0 Å². The minimum absolute atomic E-state index is 0.123. The molecule has 0 aliphatic rings. The predicted octanol–water partition coefficient (Wildman–Crippen LogP) is 2.95. The largest absolute Gasteiger partial charge is 0.493 e. The second kappa shape index (κ2) is 11.5. The van der Waals surface area contributed by atoms with Gasteiger partial charge in [0.15, 0.2) is 11.5 Å². The number of hydrazone groups is 1. The molecule has 0 aromatic heterocycles. The van der Waals surface area contributed by atoms with Crippen molar-refractivity contribution < 1.29 is 19.1 Å². The smallest absolute Gasteiger partial charge is 0.271 e. The zero-order valence-electron chi connectivity index (χ0n) is 17.0. The van der Waals surface area contributed by atoms with E-state index in [2.05, 4.69) is 28.0 Å². The Morgan fingerprint density at radius 1 is 1.00 bits per heavy atom. The molecule has 2 N–H and O–H groups in total. The van der Waals surface area contributed by atoms with Crippen LogP contribution in [0.25, 0.3) is 0 Å². The summed E-state index contributed by atoms with van der Waals surface area (Å²) >= 11 is 0. The fourth-order valence-corrected chi connectivity index (χ4v) is 2.69. The van der Waals surface area contributed by atoms with E-state index in [4.69, 9.17) is 9.47 Å². The molecule has 2 rings (SSSR count). The molecule has 0 aliphatic heterocycles. The number of hydrogen-bond acceptors (Lipinski definition) is 5. The molecule has 154 valence electrons. The molecule has 2 aromatic rings. The molecular formula is C22H27N3O4. The summed E-state index contributed by atoms with van der Waals surface area (Å²) in [5.74, 6) is 0.469. The van der Waals surface area contributed by atoms with Gasteiger partial charge in [0, 0.05) is 17.8 Å². The average molecular weight is 397 g/mol. The third-order valence-corrected chi connectivity index (χ3v) is 4.22. The van der Waals surface area contributed by atoms with Crippen LogP contribution in [0.4, 0.5) is 0 Å². The monoisotopic (exact) mass is 397 g/mol. The summed E-state index contributed by atoms with van der Waals surface area (Å²) in [6.07, 6.45) is 1.90. The van der Waals surface area contributed by atoms with E-state index in [-0.39, 0.29) is 12.3 Å². The number of carbonyl (C=O) groups excluding carboxylic acids is 2. The first kappa shape index (κ1) is 21.9. The third kappa shape index (κ3) is 7.29. The summed E-state index contributed by atoms with van der Waals surface area (Å²) in [6, 6.07) is 15.0. The number of nitrogens with zero attached hydrogens (tertiary/aromatic N) is 1. The van der Waals surface area contributed by atoms with E-state index in [1.54, 1.807) is 25.1 Å². The van der Waals surface area contributed by atoms with E-state index >= 15 is 0 Å². The van der Waals surface area contributed by atoms with Gasteiger partial charge in [0.2, 0.25) is 5.91 Å². The standard InChI is InChI=1S/C22H27N3O4/c1-16(14-21(26)23-13-7-10-17-8-5-4-6-9-17)24-25-22(27)18-11-12-19(28-2)20(15-18)29-3/h4-6,8-9,11-12,15H,7,10,13-14H2,1-3H3,(H,23,26)(H,25,27). The molecule has 2 aromatic carbocycles. The van der Waals surface area contributed by atoms with Gasteiger partial charge in [-0.2, -0.15) is 5.10 Å². The van der Waals surface area contributed by atoms with Crippen LogP contribution in [0.5, 0.6) is 11.5 Å². The van der Waals surface area contributed by atoms with E-state index in [0.717, 1.165) is 12.8 Å². The van der Waals surface area contributed by atoms with Crippen LogP contribution in [0.15, 0.2) is 53.6 Å². The molecule has 0 aliphatic carbocycles. The highest BCUT2D eigenvalue weighted by Crippen LogP contribution is 2.27. The normalized spacial score (nSPS) is 10.9. The number of carbonyl (C=O) groups is 2. The van der Waals surface area contributed by atoms with Crippen molar-refractivity contribution >= 4 is 17.5 Å². The number of methoxy groups -OCH3 is 2. The van der Waals surface area contributed by atoms with Gasteiger partial charge in [-0.25, -0.2) is 5.43 Å². The highest BCUT2D eigenvalue weighted by atomic mass is 16.5. The average Bonchev–Trinajstić information content (AvgIpc) is 2.75. The maximum absolute atomic E-state index is 12.2. The highest BCUT2D eigenvalue weighted by molar-refractivity contribution is 6.01. The van der Waals surface area contributed by atoms with E-state index in [9.17, 15) is 9.59 Å². The van der Waals surface area contributed by atoms with Gasteiger partial charge in [-0.3, -0.25) is 9.59 Å². The number of ether oxygens (including phenoxy) is 2. The van der Waals surface area contributed by atoms with Gasteiger partial charge in [0.1, 0.15) is 0 Å². The zero-order valence-corrected chi connectivity index (χ0v) is 17.0. The van der Waals surface area contributed by atoms with Gasteiger partial charge in [0.25, 0.3) is 5.91 Å². The molecule has 0 unspecified atom stereocenters. The van der Waals surface area contributed by atoms with Crippen LogP contribution in [0.3, 0.4) is 0 Å². The van der Waals surface area contributed by atoms with Gasteiger partial charge in [-0.1, -0.05) is 30.3 Å².